The van der Waals surface area contributed by atoms with E-state index in [0.29, 0.717) is 83.6 Å². The van der Waals surface area contributed by atoms with E-state index in [2.05, 4.69) is 61.5 Å². The summed E-state index contributed by atoms with van der Waals surface area (Å²) in [6.07, 6.45) is 33.4. The molecular weight excluding hydrogens is 1420 g/mol. The molecule has 10 aliphatic rings. The molecule has 5 heterocycles. The van der Waals surface area contributed by atoms with Gasteiger partial charge >= 0.3 is 0 Å². The number of aryl methyl sites for hydroxylation is 5. The summed E-state index contributed by atoms with van der Waals surface area (Å²) < 4.78 is 247. The number of fused-ring (bicyclic) bond motifs is 15. The van der Waals surface area contributed by atoms with Gasteiger partial charge in [-0.05, 0) is 320 Å². The predicted molar refractivity (Wildman–Crippen MR) is 476 cm³/mol. The van der Waals surface area contributed by atoms with Crippen LogP contribution in [0.4, 0.5) is 0 Å². The van der Waals surface area contributed by atoms with Gasteiger partial charge < -0.3 is 49.2 Å². The Balaban J connectivity index is 0.000000170. The molecule has 0 aromatic heterocycles. The van der Waals surface area contributed by atoms with E-state index < -0.39 is 120 Å². The molecule has 0 amide bonds. The molecule has 0 radical (unpaired) electrons. The number of allylic oxidation sites excluding steroid dienone is 10. The van der Waals surface area contributed by atoms with Crippen molar-refractivity contribution in [2.24, 2.45) is 29.6 Å². The second-order valence-corrected chi connectivity index (χ2v) is 35.7. The summed E-state index contributed by atoms with van der Waals surface area (Å²) in [6, 6.07) is 17.8. The number of benzene rings is 5. The van der Waals surface area contributed by atoms with E-state index in [-0.39, 0.29) is 93.5 Å². The lowest BCUT2D eigenvalue weighted by molar-refractivity contribution is 0.0104. The number of rotatable bonds is 20. The van der Waals surface area contributed by atoms with Gasteiger partial charge in [-0.2, -0.15) is 0 Å². The maximum absolute atomic E-state index is 10.9. The number of hydrogen-bond acceptors (Lipinski definition) is 10. The fourth-order valence-corrected chi connectivity index (χ4v) is 19.7. The third-order valence-electron chi connectivity index (χ3n) is 25.9. The summed E-state index contributed by atoms with van der Waals surface area (Å²) in [5.74, 6) is -2.09. The highest BCUT2D eigenvalue weighted by Crippen LogP contribution is 2.60. The van der Waals surface area contributed by atoms with Crippen LogP contribution in [0.1, 0.15) is 421 Å². The van der Waals surface area contributed by atoms with E-state index in [9.17, 15) is 25.5 Å². The minimum atomic E-state index is -3.00. The van der Waals surface area contributed by atoms with Crippen molar-refractivity contribution in [2.45, 2.75) is 388 Å². The number of unbranched alkanes of at least 4 members (excludes halogenated alkanes) is 10. The Kier molecular flexibility index (Phi) is 19.3. The van der Waals surface area contributed by atoms with Crippen LogP contribution in [0.3, 0.4) is 0 Å². The number of phenols is 5. The van der Waals surface area contributed by atoms with Crippen LogP contribution in [0.5, 0.6) is 57.5 Å². The number of aromatic hydroxyl groups is 5. The zero-order valence-corrected chi connectivity index (χ0v) is 70.4. The van der Waals surface area contributed by atoms with Crippen molar-refractivity contribution in [3.05, 3.63) is 175 Å². The summed E-state index contributed by atoms with van der Waals surface area (Å²) in [6.45, 7) is -0.868. The quantitative estimate of drug-likeness (QED) is 0.0377. The Morgan fingerprint density at radius 3 is 0.713 bits per heavy atom. The zero-order chi connectivity index (χ0) is 106. The maximum atomic E-state index is 10.9. The second kappa shape index (κ2) is 37.8. The van der Waals surface area contributed by atoms with E-state index in [1.54, 1.807) is 50.3 Å². The van der Waals surface area contributed by atoms with E-state index in [1.807, 2.05) is 49.4 Å². The first-order valence-corrected chi connectivity index (χ1v) is 43.5. The number of phenolic OH excluding ortho intramolecular Hbond substituents is 5. The third-order valence-corrected chi connectivity index (χ3v) is 25.9. The third kappa shape index (κ3) is 20.7. The Labute approximate surface area is 733 Å². The number of ether oxygens (including phenoxy) is 5. The number of hydrogen-bond donors (Lipinski definition) is 5. The van der Waals surface area contributed by atoms with Gasteiger partial charge in [0.2, 0.25) is 0 Å². The van der Waals surface area contributed by atoms with Crippen molar-refractivity contribution in [2.75, 3.05) is 0 Å². The molecule has 5 aromatic rings. The second-order valence-electron chi connectivity index (χ2n) is 35.7. The molecular formula is C105H150O10. The van der Waals surface area contributed by atoms with Crippen molar-refractivity contribution in [3.8, 4) is 57.5 Å². The first kappa shape index (κ1) is 58.6. The van der Waals surface area contributed by atoms with Crippen LogP contribution in [-0.4, -0.2) is 53.5 Å². The SMILES string of the molecule is [2H]C([2H])([2H])C1(C([2H])([2H])[2H])Oc2cc(CCCCC)cc(O)c2C2C=C(C)CCC21.[2H]C([2H])([2H])C1(C)Oc2cc(CCCCC)cc(O)c2C2C=C(C)CCC21.[2H]C([2H])([2H])C1=CC2c3c(O)cc(CCCCC)cc3OC(C([2H])([2H])[2H])(C([2H])([2H])[2H])C2CC1.[2H]C([2H])([2H])C1=CC2c3c(O)cc(CCCCC)cc3OC(C)(C([2H])([2H])[2H])C2CC1.[2H]C([2H])([2H])C1=CC2c3c(O)cc(CCCCC)cc3OC(C)(C)C2CC1. The van der Waals surface area contributed by atoms with Crippen LogP contribution < -0.4 is 23.7 Å². The van der Waals surface area contributed by atoms with Crippen LogP contribution in [0.25, 0.3) is 0 Å². The molecule has 0 saturated carbocycles. The highest BCUT2D eigenvalue weighted by molar-refractivity contribution is 5.59. The van der Waals surface area contributed by atoms with E-state index in [0.717, 1.165) is 174 Å². The summed E-state index contributed by atoms with van der Waals surface area (Å²) in [5, 5.41) is 54.0. The van der Waals surface area contributed by atoms with Gasteiger partial charge in [0.05, 0.1) is 0 Å². The first-order chi connectivity index (χ1) is 65.7. The van der Waals surface area contributed by atoms with Crippen LogP contribution in [0.2, 0.25) is 0 Å². The molecule has 0 fully saturated rings. The Morgan fingerprint density at radius 2 is 0.487 bits per heavy atom. The Morgan fingerprint density at radius 1 is 0.287 bits per heavy atom. The van der Waals surface area contributed by atoms with Crippen molar-refractivity contribution in [3.63, 3.8) is 0 Å². The molecule has 12 unspecified atom stereocenters. The molecule has 15 rings (SSSR count). The van der Waals surface area contributed by atoms with Gasteiger partial charge in [0, 0.05) is 124 Å². The normalized spacial score (nSPS) is 31.3. The van der Waals surface area contributed by atoms with E-state index in [4.69, 9.17) is 60.7 Å². The predicted octanol–water partition coefficient (Wildman–Crippen LogP) is 28.7. The average molecular weight is 1600 g/mol. The van der Waals surface area contributed by atoms with Gasteiger partial charge in [0.15, 0.2) is 0 Å². The van der Waals surface area contributed by atoms with Crippen molar-refractivity contribution >= 4 is 0 Å². The summed E-state index contributed by atoms with van der Waals surface area (Å²) in [5.41, 5.74) is 2.75. The molecule has 630 valence electrons. The average Bonchev–Trinajstić information content (AvgIpc) is 0.698. The maximum Gasteiger partial charge on any atom is 0.127 e. The molecule has 10 heteroatoms. The molecule has 5 aliphatic carbocycles. The van der Waals surface area contributed by atoms with Gasteiger partial charge in [-0.25, -0.2) is 0 Å². The molecule has 5 N–H and O–H groups in total. The van der Waals surface area contributed by atoms with Gasteiger partial charge in [-0.15, -0.1) is 0 Å². The minimum Gasteiger partial charge on any atom is -0.507 e. The van der Waals surface area contributed by atoms with Gasteiger partial charge in [0.1, 0.15) is 85.5 Å². The van der Waals surface area contributed by atoms with Crippen molar-refractivity contribution in [1.29, 1.82) is 0 Å². The van der Waals surface area contributed by atoms with Crippen LogP contribution in [0.15, 0.2) is 119 Å². The highest BCUT2D eigenvalue weighted by Gasteiger charge is 2.51. The topological polar surface area (TPSA) is 147 Å². The molecule has 0 saturated heterocycles. The summed E-state index contributed by atoms with van der Waals surface area (Å²) >= 11 is 0. The molecule has 5 aromatic carbocycles. The monoisotopic (exact) mass is 1600 g/mol. The van der Waals surface area contributed by atoms with E-state index >= 15 is 0 Å². The van der Waals surface area contributed by atoms with Gasteiger partial charge in [0.25, 0.3) is 0 Å². The molecule has 0 bridgehead atoms. The van der Waals surface area contributed by atoms with Crippen LogP contribution in [-0.2, 0) is 32.1 Å². The zero-order valence-electron chi connectivity index (χ0n) is 97.4. The van der Waals surface area contributed by atoms with Gasteiger partial charge in [-0.1, -0.05) is 157 Å². The largest absolute Gasteiger partial charge is 0.507 e. The summed E-state index contributed by atoms with van der Waals surface area (Å²) in [4.78, 5) is 0. The fourth-order valence-electron chi connectivity index (χ4n) is 19.7. The van der Waals surface area contributed by atoms with Crippen molar-refractivity contribution < 1.29 is 86.2 Å². The lowest BCUT2D eigenvalue weighted by Crippen LogP contribution is -2.45. The van der Waals surface area contributed by atoms with Crippen molar-refractivity contribution in [1.82, 2.24) is 0 Å². The van der Waals surface area contributed by atoms with Crippen LogP contribution >= 0.6 is 0 Å². The molecule has 10 nitrogen and oxygen atoms in total. The Bertz CT molecular complexity index is 5380. The van der Waals surface area contributed by atoms with Gasteiger partial charge in [-0.3, -0.25) is 0 Å². The smallest absolute Gasteiger partial charge is 0.127 e. The lowest BCUT2D eigenvalue weighted by Gasteiger charge is -2.46. The minimum absolute atomic E-state index is 0.00744. The Hall–Kier alpha value is -7.20. The highest BCUT2D eigenvalue weighted by atomic mass is 16.5. The molecule has 5 aliphatic heterocycles. The molecule has 115 heavy (non-hydrogen) atoms. The molecule has 0 spiro atoms. The standard InChI is InChI=1S/5C21H30O2/c5*1-5-6-7-8-15-12-18(22)20-16-11-14(2)9-10-17(16)21(3,4)23-19(20)13-15/h5*11-13,16-17,22H,5-10H2,1-4H3/i2D3,3D3,4D3;3D3,4D3;2D3,3D3;3D3;2D3. The van der Waals surface area contributed by atoms with E-state index in [1.165, 1.54) is 18.1 Å². The first-order valence-electron chi connectivity index (χ1n) is 57.0. The van der Waals surface area contributed by atoms with Crippen LogP contribution in [0, 0.1) is 29.6 Å². The fraction of sp³-hybridized carbons (Fsp3) is 0.619. The summed E-state index contributed by atoms with van der Waals surface area (Å²) in [7, 11) is 0. The molecule has 12 atom stereocenters. The lowest BCUT2D eigenvalue weighted by atomic mass is 9.68.